The van der Waals surface area contributed by atoms with Gasteiger partial charge in [0, 0.05) is 17.8 Å². The predicted molar refractivity (Wildman–Crippen MR) is 81.6 cm³/mol. The maximum atomic E-state index is 5.45. The molecule has 0 aliphatic rings. The number of nitrogens with one attached hydrogen (secondary N) is 1. The number of aromatic nitrogens is 4. The average Bonchev–Trinajstić information content (AvgIpc) is 2.82. The van der Waals surface area contributed by atoms with Gasteiger partial charge in [-0.1, -0.05) is 18.2 Å². The number of pyridine rings is 2. The van der Waals surface area contributed by atoms with E-state index in [1.165, 1.54) is 0 Å². The van der Waals surface area contributed by atoms with Gasteiger partial charge in [-0.3, -0.25) is 14.5 Å². The molecule has 96 valence electrons. The van der Waals surface area contributed by atoms with E-state index in [9.17, 15) is 0 Å². The summed E-state index contributed by atoms with van der Waals surface area (Å²) in [6.07, 6.45) is 5.34. The SMILES string of the molecule is S=c1[nH]c2cnccc2n1-c1cccc2cccnc12. The number of aromatic amines is 1. The summed E-state index contributed by atoms with van der Waals surface area (Å²) in [7, 11) is 0. The second kappa shape index (κ2) is 4.25. The summed E-state index contributed by atoms with van der Waals surface area (Å²) < 4.78 is 2.65. The van der Waals surface area contributed by atoms with Crippen LogP contribution in [0.15, 0.2) is 55.0 Å². The Morgan fingerprint density at radius 3 is 2.90 bits per heavy atom. The summed E-state index contributed by atoms with van der Waals surface area (Å²) in [5.74, 6) is 0. The van der Waals surface area contributed by atoms with Crippen LogP contribution < -0.4 is 0 Å². The summed E-state index contributed by atoms with van der Waals surface area (Å²) in [6, 6.07) is 12.0. The largest absolute Gasteiger partial charge is 0.329 e. The van der Waals surface area contributed by atoms with Gasteiger partial charge in [-0.25, -0.2) is 0 Å². The van der Waals surface area contributed by atoms with Gasteiger partial charge in [0.2, 0.25) is 0 Å². The Morgan fingerprint density at radius 1 is 1.05 bits per heavy atom. The van der Waals surface area contributed by atoms with Crippen LogP contribution in [0.5, 0.6) is 0 Å². The fourth-order valence-electron chi connectivity index (χ4n) is 2.47. The first-order chi connectivity index (χ1) is 9.84. The molecule has 4 rings (SSSR count). The minimum atomic E-state index is 0.645. The quantitative estimate of drug-likeness (QED) is 0.541. The van der Waals surface area contributed by atoms with Crippen LogP contribution in [0.4, 0.5) is 0 Å². The van der Waals surface area contributed by atoms with Gasteiger partial charge in [0.15, 0.2) is 4.77 Å². The second-order valence-corrected chi connectivity index (χ2v) is 4.90. The van der Waals surface area contributed by atoms with Crippen molar-refractivity contribution in [3.63, 3.8) is 0 Å². The highest BCUT2D eigenvalue weighted by Gasteiger charge is 2.09. The van der Waals surface area contributed by atoms with Crippen LogP contribution in [0.2, 0.25) is 0 Å². The van der Waals surface area contributed by atoms with Crippen molar-refractivity contribution >= 4 is 34.2 Å². The molecule has 0 saturated carbocycles. The van der Waals surface area contributed by atoms with Crippen molar-refractivity contribution in [2.24, 2.45) is 0 Å². The second-order valence-electron chi connectivity index (χ2n) is 4.51. The Balaban J connectivity index is 2.17. The molecule has 0 atom stereocenters. The number of H-pyrrole nitrogens is 1. The van der Waals surface area contributed by atoms with Gasteiger partial charge in [0.1, 0.15) is 0 Å². The Bertz CT molecular complexity index is 978. The molecule has 0 radical (unpaired) electrons. The summed E-state index contributed by atoms with van der Waals surface area (Å²) in [5, 5.41) is 1.09. The Labute approximate surface area is 119 Å². The van der Waals surface area contributed by atoms with Gasteiger partial charge in [-0.2, -0.15) is 0 Å². The molecule has 3 heterocycles. The fourth-order valence-corrected chi connectivity index (χ4v) is 2.77. The number of rotatable bonds is 1. The lowest BCUT2D eigenvalue weighted by atomic mass is 10.2. The highest BCUT2D eigenvalue weighted by Crippen LogP contribution is 2.24. The molecule has 0 unspecified atom stereocenters. The molecule has 3 aromatic heterocycles. The number of fused-ring (bicyclic) bond motifs is 2. The summed E-state index contributed by atoms with van der Waals surface area (Å²) in [6.45, 7) is 0. The molecule has 4 aromatic rings. The van der Waals surface area contributed by atoms with Crippen LogP contribution in [0.1, 0.15) is 0 Å². The summed E-state index contributed by atoms with van der Waals surface area (Å²) in [5.41, 5.74) is 3.84. The van der Waals surface area contributed by atoms with Crippen LogP contribution in [0.3, 0.4) is 0 Å². The first-order valence-corrected chi connectivity index (χ1v) is 6.64. The molecule has 0 bridgehead atoms. The number of para-hydroxylation sites is 1. The molecule has 5 heteroatoms. The topological polar surface area (TPSA) is 46.5 Å². The molecule has 0 amide bonds. The van der Waals surface area contributed by atoms with Gasteiger partial charge in [-0.15, -0.1) is 0 Å². The minimum absolute atomic E-state index is 0.645. The van der Waals surface area contributed by atoms with Gasteiger partial charge in [0.05, 0.1) is 28.4 Å². The first kappa shape index (κ1) is 11.3. The highest BCUT2D eigenvalue weighted by molar-refractivity contribution is 7.71. The zero-order chi connectivity index (χ0) is 13.5. The predicted octanol–water partition coefficient (Wildman–Crippen LogP) is 3.63. The molecule has 0 aliphatic heterocycles. The third-order valence-corrected chi connectivity index (χ3v) is 3.62. The number of hydrogen-bond donors (Lipinski definition) is 1. The molecule has 1 aromatic carbocycles. The molecular formula is C15H10N4S. The Morgan fingerprint density at radius 2 is 1.95 bits per heavy atom. The molecular weight excluding hydrogens is 268 g/mol. The van der Waals surface area contributed by atoms with Gasteiger partial charge < -0.3 is 4.98 Å². The standard InChI is InChI=1S/C15H10N4S/c20-15-18-11-9-16-8-6-12(11)19(15)13-5-1-3-10-4-2-7-17-14(10)13/h1-9H,(H,18,20). The molecule has 4 nitrogen and oxygen atoms in total. The van der Waals surface area contributed by atoms with Gasteiger partial charge >= 0.3 is 0 Å². The Kier molecular flexibility index (Phi) is 2.40. The van der Waals surface area contributed by atoms with E-state index < -0.39 is 0 Å². The van der Waals surface area contributed by atoms with Crippen molar-refractivity contribution in [1.82, 2.24) is 19.5 Å². The fraction of sp³-hybridized carbons (Fsp3) is 0. The smallest absolute Gasteiger partial charge is 0.182 e. The van der Waals surface area contributed by atoms with Crippen LogP contribution in [0.25, 0.3) is 27.6 Å². The lowest BCUT2D eigenvalue weighted by molar-refractivity contribution is 1.07. The van der Waals surface area contributed by atoms with Crippen molar-refractivity contribution < 1.29 is 0 Å². The number of hydrogen-bond acceptors (Lipinski definition) is 3. The third-order valence-electron chi connectivity index (χ3n) is 3.34. The lowest BCUT2D eigenvalue weighted by Gasteiger charge is -2.07. The van der Waals surface area contributed by atoms with E-state index in [-0.39, 0.29) is 0 Å². The number of imidazole rings is 1. The van der Waals surface area contributed by atoms with Crippen molar-refractivity contribution in [1.29, 1.82) is 0 Å². The number of nitrogens with zero attached hydrogens (tertiary/aromatic N) is 3. The van der Waals surface area contributed by atoms with Crippen molar-refractivity contribution in [2.75, 3.05) is 0 Å². The number of benzene rings is 1. The van der Waals surface area contributed by atoms with Gasteiger partial charge in [0.25, 0.3) is 0 Å². The monoisotopic (exact) mass is 278 g/mol. The van der Waals surface area contributed by atoms with E-state index in [2.05, 4.69) is 15.0 Å². The van der Waals surface area contributed by atoms with E-state index in [1.54, 1.807) is 18.6 Å². The first-order valence-electron chi connectivity index (χ1n) is 6.23. The van der Waals surface area contributed by atoms with Crippen LogP contribution in [-0.4, -0.2) is 19.5 Å². The van der Waals surface area contributed by atoms with Crippen LogP contribution >= 0.6 is 12.2 Å². The van der Waals surface area contributed by atoms with Crippen molar-refractivity contribution in [2.45, 2.75) is 0 Å². The van der Waals surface area contributed by atoms with E-state index in [0.717, 1.165) is 27.6 Å². The zero-order valence-corrected chi connectivity index (χ0v) is 11.3. The maximum absolute atomic E-state index is 5.45. The third kappa shape index (κ3) is 1.57. The average molecular weight is 278 g/mol. The van der Waals surface area contributed by atoms with Crippen LogP contribution in [-0.2, 0) is 0 Å². The molecule has 0 fully saturated rings. The van der Waals surface area contributed by atoms with Crippen molar-refractivity contribution in [3.05, 3.63) is 59.8 Å². The molecule has 0 aliphatic carbocycles. The normalized spacial score (nSPS) is 11.2. The molecule has 20 heavy (non-hydrogen) atoms. The van der Waals surface area contributed by atoms with E-state index >= 15 is 0 Å². The highest BCUT2D eigenvalue weighted by atomic mass is 32.1. The molecule has 1 N–H and O–H groups in total. The minimum Gasteiger partial charge on any atom is -0.329 e. The van der Waals surface area contributed by atoms with Crippen molar-refractivity contribution in [3.8, 4) is 5.69 Å². The summed E-state index contributed by atoms with van der Waals surface area (Å²) >= 11 is 5.45. The molecule has 0 saturated heterocycles. The molecule has 0 spiro atoms. The van der Waals surface area contributed by atoms with E-state index in [4.69, 9.17) is 12.2 Å². The van der Waals surface area contributed by atoms with E-state index in [0.29, 0.717) is 4.77 Å². The Hall–Kier alpha value is -2.53. The maximum Gasteiger partial charge on any atom is 0.182 e. The van der Waals surface area contributed by atoms with Crippen LogP contribution in [0, 0.1) is 4.77 Å². The summed E-state index contributed by atoms with van der Waals surface area (Å²) in [4.78, 5) is 11.8. The van der Waals surface area contributed by atoms with E-state index in [1.807, 2.05) is 41.0 Å². The van der Waals surface area contributed by atoms with Gasteiger partial charge in [-0.05, 0) is 30.4 Å². The lowest BCUT2D eigenvalue weighted by Crippen LogP contribution is -1.96. The zero-order valence-electron chi connectivity index (χ0n) is 10.4.